The van der Waals surface area contributed by atoms with Crippen LogP contribution in [0.3, 0.4) is 0 Å². The summed E-state index contributed by atoms with van der Waals surface area (Å²) in [4.78, 5) is 2.77. The van der Waals surface area contributed by atoms with E-state index in [-0.39, 0.29) is 5.54 Å². The van der Waals surface area contributed by atoms with Crippen LogP contribution in [-0.4, -0.2) is 36.1 Å². The molecule has 0 radical (unpaired) electrons. The minimum absolute atomic E-state index is 0.223. The number of nitriles is 1. The average molecular weight is 289 g/mol. The van der Waals surface area contributed by atoms with Gasteiger partial charge in [0, 0.05) is 6.04 Å². The minimum atomic E-state index is -0.223. The zero-order valence-electron chi connectivity index (χ0n) is 13.6. The Morgan fingerprint density at radius 3 is 2.86 bits per heavy atom. The van der Waals surface area contributed by atoms with Crippen molar-refractivity contribution in [1.29, 1.82) is 5.26 Å². The third kappa shape index (κ3) is 2.98. The van der Waals surface area contributed by atoms with Crippen molar-refractivity contribution in [2.45, 2.75) is 76.3 Å². The molecule has 4 unspecified atom stereocenters. The predicted molar refractivity (Wildman–Crippen MR) is 85.9 cm³/mol. The van der Waals surface area contributed by atoms with Crippen molar-refractivity contribution in [2.24, 2.45) is 11.8 Å². The predicted octanol–water partition coefficient (Wildman–Crippen LogP) is 3.31. The number of nitrogens with one attached hydrogen (secondary N) is 1. The third-order valence-electron chi connectivity index (χ3n) is 6.39. The van der Waals surface area contributed by atoms with Gasteiger partial charge in [0.1, 0.15) is 5.54 Å². The fourth-order valence-corrected chi connectivity index (χ4v) is 5.36. The van der Waals surface area contributed by atoms with Crippen molar-refractivity contribution < 1.29 is 0 Å². The first-order chi connectivity index (χ1) is 10.3. The molecule has 21 heavy (non-hydrogen) atoms. The summed E-state index contributed by atoms with van der Waals surface area (Å²) < 4.78 is 0. The van der Waals surface area contributed by atoms with Gasteiger partial charge in [-0.25, -0.2) is 0 Å². The summed E-state index contributed by atoms with van der Waals surface area (Å²) in [5, 5.41) is 13.2. The Hall–Kier alpha value is -0.590. The van der Waals surface area contributed by atoms with Crippen LogP contribution in [0.2, 0.25) is 0 Å². The Balaban J connectivity index is 1.58. The maximum absolute atomic E-state index is 9.68. The highest BCUT2D eigenvalue weighted by Crippen LogP contribution is 2.40. The van der Waals surface area contributed by atoms with E-state index in [1.807, 2.05) is 0 Å². The van der Waals surface area contributed by atoms with Gasteiger partial charge in [0.25, 0.3) is 0 Å². The van der Waals surface area contributed by atoms with Crippen molar-refractivity contribution in [2.75, 3.05) is 19.6 Å². The number of piperidine rings is 1. The van der Waals surface area contributed by atoms with E-state index in [1.54, 1.807) is 0 Å². The van der Waals surface area contributed by atoms with Crippen LogP contribution >= 0.6 is 0 Å². The van der Waals surface area contributed by atoms with Crippen molar-refractivity contribution in [3.63, 3.8) is 0 Å². The highest BCUT2D eigenvalue weighted by molar-refractivity contribution is 5.14. The first-order valence-electron chi connectivity index (χ1n) is 9.19. The number of likely N-dealkylation sites (tertiary alicyclic amines) is 1. The number of rotatable bonds is 5. The molecule has 0 bridgehead atoms. The molecular formula is C18H31N3. The first kappa shape index (κ1) is 15.3. The van der Waals surface area contributed by atoms with Gasteiger partial charge in [-0.1, -0.05) is 19.8 Å². The molecule has 118 valence electrons. The summed E-state index contributed by atoms with van der Waals surface area (Å²) in [6.07, 6.45) is 11.9. The molecule has 1 heterocycles. The van der Waals surface area contributed by atoms with Gasteiger partial charge in [0.15, 0.2) is 0 Å². The molecule has 0 aromatic rings. The fraction of sp³-hybridized carbons (Fsp3) is 0.944. The lowest BCUT2D eigenvalue weighted by Gasteiger charge is -2.39. The largest absolute Gasteiger partial charge is 0.300 e. The topological polar surface area (TPSA) is 39.1 Å². The third-order valence-corrected chi connectivity index (χ3v) is 6.39. The highest BCUT2D eigenvalue weighted by atomic mass is 15.2. The summed E-state index contributed by atoms with van der Waals surface area (Å²) in [7, 11) is 0. The van der Waals surface area contributed by atoms with Crippen molar-refractivity contribution in [3.8, 4) is 6.07 Å². The molecule has 1 aliphatic heterocycles. The van der Waals surface area contributed by atoms with Gasteiger partial charge in [-0.15, -0.1) is 0 Å². The lowest BCUT2D eigenvalue weighted by atomic mass is 9.85. The molecule has 3 aliphatic rings. The average Bonchev–Trinajstić information content (AvgIpc) is 3.12. The van der Waals surface area contributed by atoms with E-state index in [9.17, 15) is 5.26 Å². The van der Waals surface area contributed by atoms with Crippen LogP contribution in [0, 0.1) is 23.2 Å². The van der Waals surface area contributed by atoms with Gasteiger partial charge in [0.05, 0.1) is 6.07 Å². The zero-order chi connectivity index (χ0) is 14.7. The van der Waals surface area contributed by atoms with Gasteiger partial charge in [0.2, 0.25) is 0 Å². The number of hydrogen-bond acceptors (Lipinski definition) is 3. The summed E-state index contributed by atoms with van der Waals surface area (Å²) >= 11 is 0. The van der Waals surface area contributed by atoms with Gasteiger partial charge in [-0.2, -0.15) is 5.26 Å². The molecule has 0 aromatic heterocycles. The standard InChI is InChI=1S/C18H31N3/c1-2-20-18(14-19)11-4-8-16(18)10-13-21-12-5-7-15-6-3-9-17(15)21/h15-17,20H,2-13H2,1H3. The van der Waals surface area contributed by atoms with E-state index in [0.29, 0.717) is 5.92 Å². The lowest BCUT2D eigenvalue weighted by molar-refractivity contribution is 0.101. The summed E-state index contributed by atoms with van der Waals surface area (Å²) in [6, 6.07) is 3.50. The van der Waals surface area contributed by atoms with Crippen LogP contribution in [0.1, 0.15) is 64.7 Å². The highest BCUT2D eigenvalue weighted by Gasteiger charge is 2.43. The lowest BCUT2D eigenvalue weighted by Crippen LogP contribution is -2.49. The molecule has 3 rings (SSSR count). The quantitative estimate of drug-likeness (QED) is 0.844. The van der Waals surface area contributed by atoms with Crippen LogP contribution in [-0.2, 0) is 0 Å². The van der Waals surface area contributed by atoms with Gasteiger partial charge < -0.3 is 4.90 Å². The van der Waals surface area contributed by atoms with Gasteiger partial charge in [-0.3, -0.25) is 5.32 Å². The van der Waals surface area contributed by atoms with Gasteiger partial charge >= 0.3 is 0 Å². The molecule has 4 atom stereocenters. The van der Waals surface area contributed by atoms with E-state index in [2.05, 4.69) is 23.2 Å². The minimum Gasteiger partial charge on any atom is -0.300 e. The summed E-state index contributed by atoms with van der Waals surface area (Å²) in [6.45, 7) is 5.57. The van der Waals surface area contributed by atoms with E-state index >= 15 is 0 Å². The Kier molecular flexibility index (Phi) is 4.86. The maximum Gasteiger partial charge on any atom is 0.109 e. The molecular weight excluding hydrogens is 258 g/mol. The summed E-state index contributed by atoms with van der Waals surface area (Å²) in [5.74, 6) is 1.54. The Bertz CT molecular complexity index is 388. The van der Waals surface area contributed by atoms with Crippen LogP contribution in [0.4, 0.5) is 0 Å². The second-order valence-electron chi connectivity index (χ2n) is 7.43. The maximum atomic E-state index is 9.68. The second kappa shape index (κ2) is 6.67. The van der Waals surface area contributed by atoms with Crippen LogP contribution in [0.25, 0.3) is 0 Å². The Morgan fingerprint density at radius 2 is 2.05 bits per heavy atom. The van der Waals surface area contributed by atoms with E-state index < -0.39 is 0 Å². The first-order valence-corrected chi connectivity index (χ1v) is 9.19. The van der Waals surface area contributed by atoms with E-state index in [1.165, 1.54) is 64.5 Å². The number of hydrogen-bond donors (Lipinski definition) is 1. The SMILES string of the molecule is CCNC1(C#N)CCCC1CCN1CCCC2CCCC21. The normalized spacial score (nSPS) is 40.1. The molecule has 1 saturated heterocycles. The second-order valence-corrected chi connectivity index (χ2v) is 7.43. The fourth-order valence-electron chi connectivity index (χ4n) is 5.36. The molecule has 0 aromatic carbocycles. The molecule has 1 N–H and O–H groups in total. The van der Waals surface area contributed by atoms with Crippen LogP contribution < -0.4 is 5.32 Å². The smallest absolute Gasteiger partial charge is 0.109 e. The van der Waals surface area contributed by atoms with Crippen molar-refractivity contribution in [1.82, 2.24) is 10.2 Å². The van der Waals surface area contributed by atoms with Crippen molar-refractivity contribution in [3.05, 3.63) is 0 Å². The molecule has 0 spiro atoms. The molecule has 3 heteroatoms. The van der Waals surface area contributed by atoms with Crippen molar-refractivity contribution >= 4 is 0 Å². The van der Waals surface area contributed by atoms with Crippen LogP contribution in [0.15, 0.2) is 0 Å². The molecule has 3 fully saturated rings. The van der Waals surface area contributed by atoms with E-state index in [4.69, 9.17) is 0 Å². The zero-order valence-corrected chi connectivity index (χ0v) is 13.6. The number of nitrogens with zero attached hydrogens (tertiary/aromatic N) is 2. The monoisotopic (exact) mass is 289 g/mol. The number of fused-ring (bicyclic) bond motifs is 1. The van der Waals surface area contributed by atoms with E-state index in [0.717, 1.165) is 24.9 Å². The molecule has 2 aliphatic carbocycles. The Labute approximate surface area is 130 Å². The molecule has 2 saturated carbocycles. The molecule has 0 amide bonds. The molecule has 3 nitrogen and oxygen atoms in total. The Morgan fingerprint density at radius 1 is 1.19 bits per heavy atom. The van der Waals surface area contributed by atoms with Crippen LogP contribution in [0.5, 0.6) is 0 Å². The van der Waals surface area contributed by atoms with Gasteiger partial charge in [-0.05, 0) is 76.4 Å². The summed E-state index contributed by atoms with van der Waals surface area (Å²) in [5.41, 5.74) is -0.223.